The summed E-state index contributed by atoms with van der Waals surface area (Å²) in [7, 11) is 1.43. The molecule has 1 heterocycles. The maximum absolute atomic E-state index is 14.1. The second-order valence-electron chi connectivity index (χ2n) is 4.09. The number of nitrogens with two attached hydrogens (primary N) is 1. The summed E-state index contributed by atoms with van der Waals surface area (Å²) in [5, 5.41) is 0. The predicted molar refractivity (Wildman–Crippen MR) is 61.3 cm³/mol. The number of hydrogen-bond acceptors (Lipinski definition) is 4. The molecule has 94 valence electrons. The van der Waals surface area contributed by atoms with E-state index in [9.17, 15) is 4.39 Å². The monoisotopic (exact) mass is 241 g/mol. The number of methoxy groups -OCH3 is 1. The lowest BCUT2D eigenvalue weighted by Gasteiger charge is -2.22. The van der Waals surface area contributed by atoms with E-state index < -0.39 is 5.82 Å². The van der Waals surface area contributed by atoms with Crippen LogP contribution in [0.4, 0.5) is 4.39 Å². The van der Waals surface area contributed by atoms with Gasteiger partial charge in [-0.05, 0) is 19.4 Å². The zero-order valence-electron chi connectivity index (χ0n) is 9.96. The molecule has 1 aliphatic heterocycles. The summed E-state index contributed by atoms with van der Waals surface area (Å²) in [6, 6.07) is 1.66. The highest BCUT2D eigenvalue weighted by atomic mass is 19.1. The molecule has 0 spiro atoms. The Hall–Kier alpha value is -1.49. The molecular formula is C12H16FNO3. The van der Waals surface area contributed by atoms with Crippen LogP contribution in [0.2, 0.25) is 0 Å². The molecular weight excluding hydrogens is 225 g/mol. The predicted octanol–water partition coefficient (Wildman–Crippen LogP) is 1.50. The lowest BCUT2D eigenvalue weighted by molar-refractivity contribution is 0.162. The van der Waals surface area contributed by atoms with E-state index in [1.54, 1.807) is 6.07 Å². The van der Waals surface area contributed by atoms with Gasteiger partial charge in [-0.25, -0.2) is 0 Å². The summed E-state index contributed by atoms with van der Waals surface area (Å²) in [6.07, 6.45) is 0.525. The zero-order chi connectivity index (χ0) is 12.4. The molecule has 0 saturated carbocycles. The van der Waals surface area contributed by atoms with E-state index >= 15 is 0 Å². The maximum atomic E-state index is 14.1. The van der Waals surface area contributed by atoms with Crippen molar-refractivity contribution in [3.05, 3.63) is 17.4 Å². The molecule has 4 nitrogen and oxygen atoms in total. The minimum absolute atomic E-state index is 0.0779. The van der Waals surface area contributed by atoms with Crippen LogP contribution in [0.25, 0.3) is 0 Å². The van der Waals surface area contributed by atoms with Crippen molar-refractivity contribution in [3.8, 4) is 17.2 Å². The maximum Gasteiger partial charge on any atom is 0.210 e. The Bertz CT molecular complexity index is 421. The van der Waals surface area contributed by atoms with Gasteiger partial charge in [-0.3, -0.25) is 0 Å². The van der Waals surface area contributed by atoms with Gasteiger partial charge in [-0.2, -0.15) is 4.39 Å². The third kappa shape index (κ3) is 2.29. The molecule has 2 N–H and O–H groups in total. The first-order chi connectivity index (χ1) is 8.13. The summed E-state index contributed by atoms with van der Waals surface area (Å²) in [4.78, 5) is 0. The van der Waals surface area contributed by atoms with Gasteiger partial charge in [0.25, 0.3) is 0 Å². The van der Waals surface area contributed by atoms with Crippen molar-refractivity contribution in [1.29, 1.82) is 0 Å². The Morgan fingerprint density at radius 1 is 1.47 bits per heavy atom. The van der Waals surface area contributed by atoms with E-state index in [1.165, 1.54) is 7.11 Å². The highest BCUT2D eigenvalue weighted by Crippen LogP contribution is 2.40. The SMILES string of the molecule is COc1c(CC(C)N)cc2c(c1F)OCCO2. The second kappa shape index (κ2) is 4.79. The summed E-state index contributed by atoms with van der Waals surface area (Å²) in [6.45, 7) is 2.63. The van der Waals surface area contributed by atoms with E-state index in [1.807, 2.05) is 6.92 Å². The van der Waals surface area contributed by atoms with Crippen LogP contribution in [0, 0.1) is 5.82 Å². The van der Waals surface area contributed by atoms with Crippen molar-refractivity contribution in [2.75, 3.05) is 20.3 Å². The first-order valence-corrected chi connectivity index (χ1v) is 5.54. The van der Waals surface area contributed by atoms with Gasteiger partial charge in [0.15, 0.2) is 11.5 Å². The largest absolute Gasteiger partial charge is 0.493 e. The van der Waals surface area contributed by atoms with Crippen molar-refractivity contribution in [2.24, 2.45) is 5.73 Å². The van der Waals surface area contributed by atoms with E-state index in [-0.39, 0.29) is 17.5 Å². The van der Waals surface area contributed by atoms with Gasteiger partial charge in [-0.1, -0.05) is 0 Å². The van der Waals surface area contributed by atoms with Crippen LogP contribution < -0.4 is 19.9 Å². The van der Waals surface area contributed by atoms with Crippen molar-refractivity contribution in [1.82, 2.24) is 0 Å². The minimum Gasteiger partial charge on any atom is -0.493 e. The number of fused-ring (bicyclic) bond motifs is 1. The lowest BCUT2D eigenvalue weighted by atomic mass is 10.0. The number of benzene rings is 1. The van der Waals surface area contributed by atoms with E-state index in [0.29, 0.717) is 30.9 Å². The van der Waals surface area contributed by atoms with Crippen LogP contribution in [-0.4, -0.2) is 26.4 Å². The Labute approximate surface area is 99.5 Å². The van der Waals surface area contributed by atoms with Crippen molar-refractivity contribution in [2.45, 2.75) is 19.4 Å². The van der Waals surface area contributed by atoms with Gasteiger partial charge in [0.1, 0.15) is 13.2 Å². The summed E-state index contributed by atoms with van der Waals surface area (Å²) in [5.74, 6) is 0.221. The van der Waals surface area contributed by atoms with E-state index in [4.69, 9.17) is 19.9 Å². The fourth-order valence-corrected chi connectivity index (χ4v) is 1.90. The summed E-state index contributed by atoms with van der Waals surface area (Å²) in [5.41, 5.74) is 6.42. The molecule has 0 saturated heterocycles. The molecule has 0 aliphatic carbocycles. The van der Waals surface area contributed by atoms with Crippen LogP contribution >= 0.6 is 0 Å². The Morgan fingerprint density at radius 3 is 2.82 bits per heavy atom. The van der Waals surface area contributed by atoms with Crippen LogP contribution in [0.5, 0.6) is 17.2 Å². The van der Waals surface area contributed by atoms with Gasteiger partial charge in [0.2, 0.25) is 11.6 Å². The molecule has 0 bridgehead atoms. The zero-order valence-corrected chi connectivity index (χ0v) is 9.96. The Balaban J connectivity index is 2.48. The van der Waals surface area contributed by atoms with Gasteiger partial charge < -0.3 is 19.9 Å². The topological polar surface area (TPSA) is 53.7 Å². The fourth-order valence-electron chi connectivity index (χ4n) is 1.90. The van der Waals surface area contributed by atoms with Gasteiger partial charge in [-0.15, -0.1) is 0 Å². The number of rotatable bonds is 3. The summed E-state index contributed by atoms with van der Waals surface area (Å²) >= 11 is 0. The van der Waals surface area contributed by atoms with Crippen LogP contribution in [0.1, 0.15) is 12.5 Å². The van der Waals surface area contributed by atoms with Crippen molar-refractivity contribution < 1.29 is 18.6 Å². The molecule has 0 amide bonds. The smallest absolute Gasteiger partial charge is 0.210 e. The van der Waals surface area contributed by atoms with Crippen LogP contribution in [-0.2, 0) is 6.42 Å². The minimum atomic E-state index is -0.514. The molecule has 17 heavy (non-hydrogen) atoms. The molecule has 0 radical (unpaired) electrons. The standard InChI is InChI=1S/C12H16FNO3/c1-7(14)5-8-6-9-12(17-4-3-16-9)10(13)11(8)15-2/h6-7H,3-5,14H2,1-2H3. The number of ether oxygens (including phenoxy) is 3. The Morgan fingerprint density at radius 2 is 2.18 bits per heavy atom. The molecule has 1 aliphatic rings. The second-order valence-corrected chi connectivity index (χ2v) is 4.09. The highest BCUT2D eigenvalue weighted by molar-refractivity contribution is 5.53. The summed E-state index contributed by atoms with van der Waals surface area (Å²) < 4.78 is 29.8. The molecule has 1 atom stereocenters. The molecule has 0 fully saturated rings. The molecule has 1 aromatic rings. The highest BCUT2D eigenvalue weighted by Gasteiger charge is 2.24. The van der Waals surface area contributed by atoms with Gasteiger partial charge in [0, 0.05) is 11.6 Å². The van der Waals surface area contributed by atoms with Gasteiger partial charge in [0.05, 0.1) is 7.11 Å². The normalized spacial score (nSPS) is 15.5. The third-order valence-corrected chi connectivity index (χ3v) is 2.55. The molecule has 1 unspecified atom stereocenters. The van der Waals surface area contributed by atoms with Crippen molar-refractivity contribution in [3.63, 3.8) is 0 Å². The number of halogens is 1. The van der Waals surface area contributed by atoms with Crippen molar-refractivity contribution >= 4 is 0 Å². The molecule has 5 heteroatoms. The first-order valence-electron chi connectivity index (χ1n) is 5.54. The van der Waals surface area contributed by atoms with Gasteiger partial charge >= 0.3 is 0 Å². The lowest BCUT2D eigenvalue weighted by Crippen LogP contribution is -2.20. The first kappa shape index (κ1) is 12.0. The molecule has 0 aromatic heterocycles. The average molecular weight is 241 g/mol. The Kier molecular flexibility index (Phi) is 3.38. The quantitative estimate of drug-likeness (QED) is 0.871. The number of hydrogen-bond donors (Lipinski definition) is 1. The van der Waals surface area contributed by atoms with Crippen LogP contribution in [0.3, 0.4) is 0 Å². The fraction of sp³-hybridized carbons (Fsp3) is 0.500. The molecule has 2 rings (SSSR count). The van der Waals surface area contributed by atoms with E-state index in [0.717, 1.165) is 0 Å². The molecule has 1 aromatic carbocycles. The average Bonchev–Trinajstić information content (AvgIpc) is 2.29. The van der Waals surface area contributed by atoms with Crippen LogP contribution in [0.15, 0.2) is 6.07 Å². The van der Waals surface area contributed by atoms with E-state index in [2.05, 4.69) is 0 Å². The third-order valence-electron chi connectivity index (χ3n) is 2.55.